The van der Waals surface area contributed by atoms with Gasteiger partial charge in [0.2, 0.25) is 8.32 Å². The highest BCUT2D eigenvalue weighted by Crippen LogP contribution is 2.40. The first-order chi connectivity index (χ1) is 13.6. The molecule has 2 N–H and O–H groups in total. The number of ether oxygens (including phenoxy) is 1. The van der Waals surface area contributed by atoms with Crippen LogP contribution in [0.2, 0.25) is 18.1 Å². The summed E-state index contributed by atoms with van der Waals surface area (Å²) in [6.07, 6.45) is 4.25. The highest BCUT2D eigenvalue weighted by Gasteiger charge is 2.39. The van der Waals surface area contributed by atoms with Gasteiger partial charge in [-0.25, -0.2) is 0 Å². The SMILES string of the molecule is COc1ccc(C2CCc3cc(O[Si](C)(C)C(C)(C)C)ccc3C2)c(CCN)c1. The molecule has 0 fully saturated rings. The maximum atomic E-state index is 6.53. The van der Waals surface area contributed by atoms with Crippen molar-refractivity contribution in [3.8, 4) is 11.5 Å². The first-order valence-corrected chi connectivity index (χ1v) is 13.7. The Kier molecular flexibility index (Phi) is 6.44. The summed E-state index contributed by atoms with van der Waals surface area (Å²) in [5.74, 6) is 2.50. The Labute approximate surface area is 177 Å². The largest absolute Gasteiger partial charge is 0.543 e. The molecule has 0 aliphatic heterocycles. The number of benzene rings is 2. The van der Waals surface area contributed by atoms with Crippen LogP contribution in [0.15, 0.2) is 36.4 Å². The summed E-state index contributed by atoms with van der Waals surface area (Å²) in [5, 5.41) is 0.210. The van der Waals surface area contributed by atoms with Gasteiger partial charge >= 0.3 is 0 Å². The lowest BCUT2D eigenvalue weighted by Crippen LogP contribution is -2.43. The monoisotopic (exact) mass is 411 g/mol. The summed E-state index contributed by atoms with van der Waals surface area (Å²) in [4.78, 5) is 0. The van der Waals surface area contributed by atoms with Gasteiger partial charge in [-0.3, -0.25) is 0 Å². The van der Waals surface area contributed by atoms with Crippen LogP contribution in [0.4, 0.5) is 0 Å². The molecule has 0 aromatic heterocycles. The minimum atomic E-state index is -1.81. The van der Waals surface area contributed by atoms with E-state index in [-0.39, 0.29) is 5.04 Å². The molecule has 0 spiro atoms. The molecular weight excluding hydrogens is 374 g/mol. The van der Waals surface area contributed by atoms with Crippen LogP contribution in [-0.4, -0.2) is 22.0 Å². The fourth-order valence-corrected chi connectivity index (χ4v) is 5.01. The van der Waals surface area contributed by atoms with Crippen LogP contribution in [0.5, 0.6) is 11.5 Å². The Bertz CT molecular complexity index is 854. The van der Waals surface area contributed by atoms with Crippen LogP contribution in [0.25, 0.3) is 0 Å². The highest BCUT2D eigenvalue weighted by atomic mass is 28.4. The molecule has 2 aromatic rings. The second kappa shape index (κ2) is 8.53. The Balaban J connectivity index is 1.81. The second-order valence-electron chi connectivity index (χ2n) is 9.84. The Morgan fingerprint density at radius 2 is 1.76 bits per heavy atom. The third kappa shape index (κ3) is 4.87. The molecular formula is C25H37NO2Si. The van der Waals surface area contributed by atoms with Crippen LogP contribution < -0.4 is 14.9 Å². The highest BCUT2D eigenvalue weighted by molar-refractivity contribution is 6.74. The second-order valence-corrected chi connectivity index (χ2v) is 14.6. The van der Waals surface area contributed by atoms with Gasteiger partial charge in [-0.1, -0.05) is 32.9 Å². The number of rotatable bonds is 6. The molecule has 1 unspecified atom stereocenters. The van der Waals surface area contributed by atoms with Gasteiger partial charge in [0.15, 0.2) is 0 Å². The van der Waals surface area contributed by atoms with E-state index in [1.807, 2.05) is 0 Å². The number of methoxy groups -OCH3 is 1. The molecule has 0 saturated carbocycles. The number of hydrogen-bond acceptors (Lipinski definition) is 3. The van der Waals surface area contributed by atoms with E-state index in [1.165, 1.54) is 28.7 Å². The molecule has 0 radical (unpaired) electrons. The third-order valence-electron chi connectivity index (χ3n) is 6.79. The van der Waals surface area contributed by atoms with Crippen LogP contribution in [0.1, 0.15) is 55.4 Å². The molecule has 1 atom stereocenters. The van der Waals surface area contributed by atoms with E-state index in [1.54, 1.807) is 7.11 Å². The zero-order valence-electron chi connectivity index (χ0n) is 19.0. The summed E-state index contributed by atoms with van der Waals surface area (Å²) in [6, 6.07) is 13.2. The van der Waals surface area contributed by atoms with Crippen molar-refractivity contribution in [2.45, 2.75) is 70.5 Å². The molecule has 0 saturated heterocycles. The topological polar surface area (TPSA) is 44.5 Å². The molecule has 0 heterocycles. The fourth-order valence-electron chi connectivity index (χ4n) is 3.99. The van der Waals surface area contributed by atoms with E-state index in [9.17, 15) is 0 Å². The molecule has 0 amide bonds. The van der Waals surface area contributed by atoms with Crippen molar-refractivity contribution in [3.63, 3.8) is 0 Å². The van der Waals surface area contributed by atoms with Gasteiger partial charge in [0, 0.05) is 0 Å². The summed E-state index contributed by atoms with van der Waals surface area (Å²) < 4.78 is 12.0. The van der Waals surface area contributed by atoms with Crippen molar-refractivity contribution in [1.82, 2.24) is 0 Å². The Hall–Kier alpha value is -1.78. The Morgan fingerprint density at radius 3 is 2.41 bits per heavy atom. The van der Waals surface area contributed by atoms with E-state index in [0.29, 0.717) is 12.5 Å². The van der Waals surface area contributed by atoms with Gasteiger partial charge in [-0.15, -0.1) is 0 Å². The van der Waals surface area contributed by atoms with Crippen LogP contribution in [0.3, 0.4) is 0 Å². The van der Waals surface area contributed by atoms with Crippen LogP contribution >= 0.6 is 0 Å². The van der Waals surface area contributed by atoms with E-state index >= 15 is 0 Å². The smallest absolute Gasteiger partial charge is 0.250 e. The predicted molar refractivity (Wildman–Crippen MR) is 125 cm³/mol. The maximum Gasteiger partial charge on any atom is 0.250 e. The van der Waals surface area contributed by atoms with Crippen molar-refractivity contribution in [3.05, 3.63) is 58.7 Å². The minimum Gasteiger partial charge on any atom is -0.543 e. The average Bonchev–Trinajstić information content (AvgIpc) is 2.66. The molecule has 3 nitrogen and oxygen atoms in total. The standard InChI is InChI=1S/C25H37NO2Si/c1-25(2,3)29(5,6)28-23-10-9-18-15-20(8-7-19(18)16-23)24-12-11-22(27-4)17-21(24)13-14-26/h9-12,16-17,20H,7-8,13-15,26H2,1-6H3. The van der Waals surface area contributed by atoms with E-state index in [2.05, 4.69) is 70.3 Å². The molecule has 4 heteroatoms. The summed E-state index contributed by atoms with van der Waals surface area (Å²) in [7, 11) is -0.0828. The van der Waals surface area contributed by atoms with Crippen molar-refractivity contribution < 1.29 is 9.16 Å². The molecule has 1 aliphatic carbocycles. The van der Waals surface area contributed by atoms with Crippen LogP contribution in [-0.2, 0) is 19.3 Å². The zero-order valence-corrected chi connectivity index (χ0v) is 20.0. The first kappa shape index (κ1) is 21.9. The lowest BCUT2D eigenvalue weighted by molar-refractivity contribution is 0.413. The molecule has 3 rings (SSSR count). The summed E-state index contributed by atoms with van der Waals surface area (Å²) >= 11 is 0. The van der Waals surface area contributed by atoms with Crippen LogP contribution in [0, 0.1) is 0 Å². The van der Waals surface area contributed by atoms with E-state index in [4.69, 9.17) is 14.9 Å². The van der Waals surface area contributed by atoms with Crippen molar-refractivity contribution in [1.29, 1.82) is 0 Å². The van der Waals surface area contributed by atoms with Crippen molar-refractivity contribution >= 4 is 8.32 Å². The van der Waals surface area contributed by atoms with Gasteiger partial charge in [-0.05, 0) is 103 Å². The summed E-state index contributed by atoms with van der Waals surface area (Å²) in [6.45, 7) is 12.1. The quantitative estimate of drug-likeness (QED) is 0.606. The normalized spacial score (nSPS) is 17.0. The van der Waals surface area contributed by atoms with Gasteiger partial charge in [0.1, 0.15) is 11.5 Å². The Morgan fingerprint density at radius 1 is 1.03 bits per heavy atom. The van der Waals surface area contributed by atoms with Crippen molar-refractivity contribution in [2.24, 2.45) is 5.73 Å². The number of aryl methyl sites for hydroxylation is 1. The zero-order chi connectivity index (χ0) is 21.2. The molecule has 2 aromatic carbocycles. The van der Waals surface area contributed by atoms with Gasteiger partial charge in [-0.2, -0.15) is 0 Å². The number of hydrogen-bond donors (Lipinski definition) is 1. The minimum absolute atomic E-state index is 0.210. The third-order valence-corrected chi connectivity index (χ3v) is 11.1. The lowest BCUT2D eigenvalue weighted by atomic mass is 9.78. The molecule has 29 heavy (non-hydrogen) atoms. The van der Waals surface area contributed by atoms with Crippen molar-refractivity contribution in [2.75, 3.05) is 13.7 Å². The average molecular weight is 412 g/mol. The molecule has 0 bridgehead atoms. The maximum absolute atomic E-state index is 6.53. The van der Waals surface area contributed by atoms with Gasteiger partial charge in [0.25, 0.3) is 0 Å². The van der Waals surface area contributed by atoms with E-state index in [0.717, 1.165) is 30.8 Å². The van der Waals surface area contributed by atoms with Gasteiger partial charge < -0.3 is 14.9 Å². The summed E-state index contributed by atoms with van der Waals surface area (Å²) in [5.41, 5.74) is 11.5. The fraction of sp³-hybridized carbons (Fsp3) is 0.520. The number of fused-ring (bicyclic) bond motifs is 1. The molecule has 1 aliphatic rings. The molecule has 158 valence electrons. The first-order valence-electron chi connectivity index (χ1n) is 10.8. The lowest BCUT2D eigenvalue weighted by Gasteiger charge is -2.37. The predicted octanol–water partition coefficient (Wildman–Crippen LogP) is 5.85. The van der Waals surface area contributed by atoms with E-state index < -0.39 is 8.32 Å². The number of nitrogens with two attached hydrogens (primary N) is 1. The van der Waals surface area contributed by atoms with Gasteiger partial charge in [0.05, 0.1) is 7.11 Å².